The number of nitrogens with two attached hydrogens (primary N) is 1. The van der Waals surface area contributed by atoms with Crippen LogP contribution in [0.15, 0.2) is 18.2 Å². The van der Waals surface area contributed by atoms with Gasteiger partial charge in [-0.05, 0) is 44.9 Å². The molecule has 0 fully saturated rings. The molecule has 0 aromatic heterocycles. The zero-order chi connectivity index (χ0) is 12.7. The van der Waals surface area contributed by atoms with Gasteiger partial charge < -0.3 is 11.1 Å². The van der Waals surface area contributed by atoms with Gasteiger partial charge in [0.1, 0.15) is 0 Å². The van der Waals surface area contributed by atoms with E-state index < -0.39 is 0 Å². The maximum Gasteiger partial charge on any atom is 0.224 e. The highest BCUT2D eigenvalue weighted by molar-refractivity contribution is 5.91. The first-order valence-electron chi connectivity index (χ1n) is 6.20. The van der Waals surface area contributed by atoms with Crippen molar-refractivity contribution in [3.8, 4) is 0 Å². The molecule has 0 aliphatic rings. The first-order chi connectivity index (χ1) is 8.13. The number of amides is 1. The van der Waals surface area contributed by atoms with E-state index in [0.717, 1.165) is 30.5 Å². The lowest BCUT2D eigenvalue weighted by Gasteiger charge is -2.09. The molecule has 3 N–H and O–H groups in total. The zero-order valence-corrected chi connectivity index (χ0v) is 10.8. The van der Waals surface area contributed by atoms with Gasteiger partial charge in [0.15, 0.2) is 0 Å². The summed E-state index contributed by atoms with van der Waals surface area (Å²) in [5.41, 5.74) is 8.64. The number of nitrogens with one attached hydrogen (secondary N) is 1. The summed E-state index contributed by atoms with van der Waals surface area (Å²) in [5, 5.41) is 2.94. The van der Waals surface area contributed by atoms with E-state index in [2.05, 4.69) is 11.4 Å². The Labute approximate surface area is 103 Å². The van der Waals surface area contributed by atoms with Crippen LogP contribution in [0, 0.1) is 13.8 Å². The molecule has 0 spiro atoms. The minimum atomic E-state index is 0.0916. The fourth-order valence-electron chi connectivity index (χ4n) is 1.77. The van der Waals surface area contributed by atoms with Crippen molar-refractivity contribution in [1.82, 2.24) is 0 Å². The van der Waals surface area contributed by atoms with Crippen molar-refractivity contribution in [3.05, 3.63) is 29.3 Å². The molecule has 0 saturated heterocycles. The summed E-state index contributed by atoms with van der Waals surface area (Å²) in [6.45, 7) is 4.77. The van der Waals surface area contributed by atoms with Gasteiger partial charge >= 0.3 is 0 Å². The summed E-state index contributed by atoms with van der Waals surface area (Å²) in [7, 11) is 0. The Bertz CT molecular complexity index is 374. The van der Waals surface area contributed by atoms with E-state index in [1.165, 1.54) is 5.56 Å². The van der Waals surface area contributed by atoms with Crippen LogP contribution in [-0.2, 0) is 4.79 Å². The largest absolute Gasteiger partial charge is 0.330 e. The normalized spacial score (nSPS) is 10.3. The first kappa shape index (κ1) is 13.7. The number of anilines is 1. The molecule has 3 nitrogen and oxygen atoms in total. The van der Waals surface area contributed by atoms with Crippen molar-refractivity contribution in [2.45, 2.75) is 39.5 Å². The standard InChI is InChI=1S/C14H22N2O/c1-11-7-8-13(12(2)10-11)16-14(17)6-4-3-5-9-15/h7-8,10H,3-6,9,15H2,1-2H3,(H,16,17). The maximum atomic E-state index is 11.7. The predicted octanol–water partition coefficient (Wildman–Crippen LogP) is 2.76. The molecule has 1 aromatic rings. The Balaban J connectivity index is 2.40. The molecule has 0 bridgehead atoms. The summed E-state index contributed by atoms with van der Waals surface area (Å²) in [4.78, 5) is 11.7. The van der Waals surface area contributed by atoms with Crippen LogP contribution in [0.2, 0.25) is 0 Å². The molecule has 0 radical (unpaired) electrons. The van der Waals surface area contributed by atoms with Gasteiger partial charge in [0.25, 0.3) is 0 Å². The lowest BCUT2D eigenvalue weighted by molar-refractivity contribution is -0.116. The fourth-order valence-corrected chi connectivity index (χ4v) is 1.77. The molecule has 0 saturated carbocycles. The lowest BCUT2D eigenvalue weighted by Crippen LogP contribution is -2.12. The number of hydrogen-bond acceptors (Lipinski definition) is 2. The molecule has 1 amide bonds. The van der Waals surface area contributed by atoms with E-state index >= 15 is 0 Å². The van der Waals surface area contributed by atoms with Gasteiger partial charge in [0.05, 0.1) is 0 Å². The Kier molecular flexibility index (Phi) is 5.70. The van der Waals surface area contributed by atoms with E-state index in [1.54, 1.807) is 0 Å². The van der Waals surface area contributed by atoms with Crippen LogP contribution in [0.3, 0.4) is 0 Å². The predicted molar refractivity (Wildman–Crippen MR) is 72.1 cm³/mol. The molecule has 0 heterocycles. The van der Waals surface area contributed by atoms with E-state index in [9.17, 15) is 4.79 Å². The number of aryl methyl sites for hydroxylation is 2. The van der Waals surface area contributed by atoms with Crippen molar-refractivity contribution in [2.75, 3.05) is 11.9 Å². The molecule has 0 atom stereocenters. The highest BCUT2D eigenvalue weighted by Gasteiger charge is 2.04. The average molecular weight is 234 g/mol. The van der Waals surface area contributed by atoms with Crippen LogP contribution in [0.4, 0.5) is 5.69 Å². The van der Waals surface area contributed by atoms with Crippen LogP contribution in [0.25, 0.3) is 0 Å². The molecule has 1 aromatic carbocycles. The zero-order valence-electron chi connectivity index (χ0n) is 10.8. The number of rotatable bonds is 6. The maximum absolute atomic E-state index is 11.7. The van der Waals surface area contributed by atoms with Crippen LogP contribution in [-0.4, -0.2) is 12.5 Å². The van der Waals surface area contributed by atoms with Crippen LogP contribution >= 0.6 is 0 Å². The third kappa shape index (κ3) is 5.00. The van der Waals surface area contributed by atoms with Crippen molar-refractivity contribution in [3.63, 3.8) is 0 Å². The second-order valence-corrected chi connectivity index (χ2v) is 4.47. The molecule has 0 aliphatic heterocycles. The molecular formula is C14H22N2O. The van der Waals surface area contributed by atoms with Crippen molar-refractivity contribution in [1.29, 1.82) is 0 Å². The summed E-state index contributed by atoms with van der Waals surface area (Å²) in [6.07, 6.45) is 3.51. The third-order valence-corrected chi connectivity index (χ3v) is 2.76. The summed E-state index contributed by atoms with van der Waals surface area (Å²) >= 11 is 0. The van der Waals surface area contributed by atoms with Crippen LogP contribution < -0.4 is 11.1 Å². The topological polar surface area (TPSA) is 55.1 Å². The van der Waals surface area contributed by atoms with Crippen LogP contribution in [0.1, 0.15) is 36.8 Å². The molecule has 0 unspecified atom stereocenters. The highest BCUT2D eigenvalue weighted by Crippen LogP contribution is 2.16. The second kappa shape index (κ2) is 7.07. The minimum Gasteiger partial charge on any atom is -0.330 e. The second-order valence-electron chi connectivity index (χ2n) is 4.47. The Hall–Kier alpha value is -1.35. The molecule has 17 heavy (non-hydrogen) atoms. The fraction of sp³-hybridized carbons (Fsp3) is 0.500. The quantitative estimate of drug-likeness (QED) is 0.744. The monoisotopic (exact) mass is 234 g/mol. The van der Waals surface area contributed by atoms with Gasteiger partial charge in [0.2, 0.25) is 5.91 Å². The minimum absolute atomic E-state index is 0.0916. The number of carbonyl (C=O) groups excluding carboxylic acids is 1. The summed E-state index contributed by atoms with van der Waals surface area (Å²) in [5.74, 6) is 0.0916. The third-order valence-electron chi connectivity index (χ3n) is 2.76. The number of carbonyl (C=O) groups is 1. The molecule has 3 heteroatoms. The first-order valence-corrected chi connectivity index (χ1v) is 6.20. The SMILES string of the molecule is Cc1ccc(NC(=O)CCCCCN)c(C)c1. The van der Waals surface area contributed by atoms with Crippen molar-refractivity contribution in [2.24, 2.45) is 5.73 Å². The van der Waals surface area contributed by atoms with Crippen molar-refractivity contribution >= 4 is 11.6 Å². The van der Waals surface area contributed by atoms with Gasteiger partial charge in [0, 0.05) is 12.1 Å². The summed E-state index contributed by atoms with van der Waals surface area (Å²) < 4.78 is 0. The van der Waals surface area contributed by atoms with E-state index in [-0.39, 0.29) is 5.91 Å². The lowest BCUT2D eigenvalue weighted by atomic mass is 10.1. The van der Waals surface area contributed by atoms with Gasteiger partial charge in [-0.15, -0.1) is 0 Å². The van der Waals surface area contributed by atoms with Gasteiger partial charge in [-0.1, -0.05) is 24.1 Å². The Morgan fingerprint density at radius 2 is 2.00 bits per heavy atom. The average Bonchev–Trinajstić information content (AvgIpc) is 2.28. The molecular weight excluding hydrogens is 212 g/mol. The van der Waals surface area contributed by atoms with E-state index in [1.807, 2.05) is 26.0 Å². The number of unbranched alkanes of at least 4 members (excludes halogenated alkanes) is 2. The Morgan fingerprint density at radius 3 is 2.65 bits per heavy atom. The van der Waals surface area contributed by atoms with Crippen LogP contribution in [0.5, 0.6) is 0 Å². The van der Waals surface area contributed by atoms with Gasteiger partial charge in [-0.2, -0.15) is 0 Å². The molecule has 94 valence electrons. The summed E-state index contributed by atoms with van der Waals surface area (Å²) in [6, 6.07) is 6.05. The van der Waals surface area contributed by atoms with E-state index in [4.69, 9.17) is 5.73 Å². The van der Waals surface area contributed by atoms with E-state index in [0.29, 0.717) is 13.0 Å². The number of hydrogen-bond donors (Lipinski definition) is 2. The molecule has 0 aliphatic carbocycles. The van der Waals surface area contributed by atoms with Gasteiger partial charge in [-0.25, -0.2) is 0 Å². The smallest absolute Gasteiger partial charge is 0.224 e. The molecule has 1 rings (SSSR count). The Morgan fingerprint density at radius 1 is 1.24 bits per heavy atom. The number of benzene rings is 1. The van der Waals surface area contributed by atoms with Crippen molar-refractivity contribution < 1.29 is 4.79 Å². The van der Waals surface area contributed by atoms with Gasteiger partial charge in [-0.3, -0.25) is 4.79 Å². The highest BCUT2D eigenvalue weighted by atomic mass is 16.1.